The molecule has 0 saturated carbocycles. The number of carbonyl (C=O) groups is 1. The monoisotopic (exact) mass is 675 g/mol. The van der Waals surface area contributed by atoms with E-state index in [0.29, 0.717) is 19.2 Å². The predicted molar refractivity (Wildman–Crippen MR) is 208 cm³/mol. The average molecular weight is 675 g/mol. The summed E-state index contributed by atoms with van der Waals surface area (Å²) in [6, 6.07) is 0. The summed E-state index contributed by atoms with van der Waals surface area (Å²) in [5, 5.41) is 9.59. The molecule has 0 bridgehead atoms. The van der Waals surface area contributed by atoms with Crippen molar-refractivity contribution < 1.29 is 14.6 Å². The number of unbranched alkanes of at least 4 members (excludes halogenated alkanes) is 23. The maximum atomic E-state index is 12.3. The van der Waals surface area contributed by atoms with Gasteiger partial charge in [-0.15, -0.1) is 0 Å². The molecule has 282 valence electrons. The molecule has 1 aliphatic rings. The number of allylic oxidation sites excluding steroid dienone is 4. The van der Waals surface area contributed by atoms with Gasteiger partial charge in [0.1, 0.15) is 6.61 Å². The van der Waals surface area contributed by atoms with Crippen LogP contribution in [0.3, 0.4) is 0 Å². The lowest BCUT2D eigenvalue weighted by molar-refractivity contribution is -0.144. The molecular weight excluding hydrogens is 592 g/mol. The van der Waals surface area contributed by atoms with Gasteiger partial charge in [-0.3, -0.25) is 14.6 Å². The van der Waals surface area contributed by atoms with Crippen LogP contribution in [0.5, 0.6) is 0 Å². The van der Waals surface area contributed by atoms with E-state index in [2.05, 4.69) is 48.0 Å². The number of aliphatic hydroxyl groups excluding tert-OH is 1. The number of aliphatic hydroxyl groups is 1. The first kappa shape index (κ1) is 44.9. The highest BCUT2D eigenvalue weighted by Gasteiger charge is 2.30. The molecule has 0 aliphatic carbocycles. The molecule has 5 nitrogen and oxygen atoms in total. The number of esters is 1. The highest BCUT2D eigenvalue weighted by Crippen LogP contribution is 2.21. The van der Waals surface area contributed by atoms with E-state index in [1.807, 2.05) is 0 Å². The van der Waals surface area contributed by atoms with Crippen LogP contribution in [0, 0.1) is 0 Å². The molecule has 48 heavy (non-hydrogen) atoms. The maximum absolute atomic E-state index is 12.3. The molecule has 0 aromatic rings. The summed E-state index contributed by atoms with van der Waals surface area (Å²) in [7, 11) is 0. The summed E-state index contributed by atoms with van der Waals surface area (Å²) in [6.07, 6.45) is 46.8. The molecule has 0 spiro atoms. The SMILES string of the molecule is CCCCCCCCC=CCCCCCCCCC1N(CCO)CCN1CCOC(=O)CCCCCCCC=CCCCCCCCC. The number of β-amino-alcohol motifs (C(OH)–C–C–N with tert-alkyl or cyclic N) is 1. The van der Waals surface area contributed by atoms with Crippen molar-refractivity contribution in [2.45, 2.75) is 206 Å². The van der Waals surface area contributed by atoms with Crippen molar-refractivity contribution in [3.05, 3.63) is 24.3 Å². The second-order valence-electron chi connectivity index (χ2n) is 14.6. The van der Waals surface area contributed by atoms with Gasteiger partial charge in [0.2, 0.25) is 0 Å². The number of hydrogen-bond acceptors (Lipinski definition) is 5. The Balaban J connectivity index is 2.02. The van der Waals surface area contributed by atoms with E-state index >= 15 is 0 Å². The third-order valence-corrected chi connectivity index (χ3v) is 10.2. The largest absolute Gasteiger partial charge is 0.464 e. The highest BCUT2D eigenvalue weighted by atomic mass is 16.5. The summed E-state index contributed by atoms with van der Waals surface area (Å²) < 4.78 is 5.64. The molecule has 1 fully saturated rings. The third-order valence-electron chi connectivity index (χ3n) is 10.2. The Bertz CT molecular complexity index is 740. The number of nitrogens with zero attached hydrogens (tertiary/aromatic N) is 2. The van der Waals surface area contributed by atoms with Crippen LogP contribution < -0.4 is 0 Å². The summed E-state index contributed by atoms with van der Waals surface area (Å²) in [4.78, 5) is 17.2. The number of hydrogen-bond donors (Lipinski definition) is 1. The molecule has 1 heterocycles. The molecule has 1 rings (SSSR count). The van der Waals surface area contributed by atoms with Crippen LogP contribution in [0.25, 0.3) is 0 Å². The van der Waals surface area contributed by atoms with Gasteiger partial charge in [0, 0.05) is 32.6 Å². The molecule has 1 atom stereocenters. The predicted octanol–water partition coefficient (Wildman–Crippen LogP) is 11.9. The van der Waals surface area contributed by atoms with Gasteiger partial charge in [-0.25, -0.2) is 0 Å². The standard InChI is InChI=1S/C43H82N2O3/c1-3-5-7-9-11-13-15-17-19-21-22-24-26-28-30-32-34-42-44(38-40-46)36-37-45(42)39-41-48-43(47)35-33-31-29-27-25-23-20-18-16-14-12-10-8-6-4-2/h17-20,42,46H,3-16,21-41H2,1-2H3. The Labute approximate surface area is 299 Å². The van der Waals surface area contributed by atoms with Crippen molar-refractivity contribution in [2.75, 3.05) is 39.4 Å². The molecule has 0 aromatic carbocycles. The first-order valence-corrected chi connectivity index (χ1v) is 21.3. The van der Waals surface area contributed by atoms with Gasteiger partial charge in [-0.05, 0) is 64.2 Å². The molecule has 0 amide bonds. The first-order chi connectivity index (χ1) is 23.7. The summed E-state index contributed by atoms with van der Waals surface area (Å²) in [5.41, 5.74) is 0. The molecule has 0 aromatic heterocycles. The highest BCUT2D eigenvalue weighted by molar-refractivity contribution is 5.69. The van der Waals surface area contributed by atoms with Crippen LogP contribution in [-0.2, 0) is 9.53 Å². The van der Waals surface area contributed by atoms with Gasteiger partial charge in [-0.1, -0.05) is 154 Å². The summed E-state index contributed by atoms with van der Waals surface area (Å²) in [6.45, 7) is 8.80. The lowest BCUT2D eigenvalue weighted by Crippen LogP contribution is -2.41. The van der Waals surface area contributed by atoms with Crippen LogP contribution in [0.1, 0.15) is 200 Å². The number of ether oxygens (including phenoxy) is 1. The van der Waals surface area contributed by atoms with Crippen molar-refractivity contribution in [3.63, 3.8) is 0 Å². The average Bonchev–Trinajstić information content (AvgIpc) is 3.47. The quantitative estimate of drug-likeness (QED) is 0.0407. The second-order valence-corrected chi connectivity index (χ2v) is 14.6. The normalized spacial score (nSPS) is 15.9. The zero-order valence-corrected chi connectivity index (χ0v) is 32.3. The van der Waals surface area contributed by atoms with Crippen molar-refractivity contribution >= 4 is 5.97 Å². The van der Waals surface area contributed by atoms with Crippen molar-refractivity contribution in [1.29, 1.82) is 0 Å². The van der Waals surface area contributed by atoms with Crippen molar-refractivity contribution in [1.82, 2.24) is 9.80 Å². The zero-order valence-electron chi connectivity index (χ0n) is 32.3. The smallest absolute Gasteiger partial charge is 0.305 e. The third kappa shape index (κ3) is 27.6. The van der Waals surface area contributed by atoms with Crippen LogP contribution in [0.15, 0.2) is 24.3 Å². The topological polar surface area (TPSA) is 53.0 Å². The van der Waals surface area contributed by atoms with Crippen LogP contribution in [0.4, 0.5) is 0 Å². The van der Waals surface area contributed by atoms with Gasteiger partial charge in [0.25, 0.3) is 0 Å². The fraction of sp³-hybridized carbons (Fsp3) is 0.884. The number of carbonyl (C=O) groups excluding carboxylic acids is 1. The van der Waals surface area contributed by atoms with E-state index in [1.165, 1.54) is 161 Å². The van der Waals surface area contributed by atoms with E-state index in [-0.39, 0.29) is 12.6 Å². The van der Waals surface area contributed by atoms with E-state index in [9.17, 15) is 9.90 Å². The van der Waals surface area contributed by atoms with Crippen molar-refractivity contribution in [2.24, 2.45) is 0 Å². The van der Waals surface area contributed by atoms with Gasteiger partial charge in [0.15, 0.2) is 0 Å². The molecule has 1 N–H and O–H groups in total. The van der Waals surface area contributed by atoms with Crippen molar-refractivity contribution in [3.8, 4) is 0 Å². The van der Waals surface area contributed by atoms with Gasteiger partial charge in [0.05, 0.1) is 12.8 Å². The zero-order chi connectivity index (χ0) is 34.6. The lowest BCUT2D eigenvalue weighted by atomic mass is 10.1. The fourth-order valence-corrected chi connectivity index (χ4v) is 7.06. The minimum absolute atomic E-state index is 0.0381. The Hall–Kier alpha value is -1.17. The van der Waals surface area contributed by atoms with Gasteiger partial charge < -0.3 is 9.84 Å². The molecular formula is C43H82N2O3. The molecule has 5 heteroatoms. The van der Waals surface area contributed by atoms with E-state index in [0.717, 1.165) is 45.4 Å². The first-order valence-electron chi connectivity index (χ1n) is 21.3. The minimum atomic E-state index is -0.0381. The maximum Gasteiger partial charge on any atom is 0.305 e. The molecule has 1 saturated heterocycles. The van der Waals surface area contributed by atoms with Crippen LogP contribution in [-0.4, -0.2) is 66.4 Å². The number of rotatable bonds is 36. The second kappa shape index (κ2) is 35.6. The Morgan fingerprint density at radius 1 is 0.562 bits per heavy atom. The molecule has 1 aliphatic heterocycles. The molecule has 1 unspecified atom stereocenters. The summed E-state index contributed by atoms with van der Waals surface area (Å²) >= 11 is 0. The van der Waals surface area contributed by atoms with Crippen LogP contribution >= 0.6 is 0 Å². The Kier molecular flexibility index (Phi) is 33.3. The van der Waals surface area contributed by atoms with Crippen LogP contribution in [0.2, 0.25) is 0 Å². The molecule has 0 radical (unpaired) electrons. The van der Waals surface area contributed by atoms with Gasteiger partial charge in [-0.2, -0.15) is 0 Å². The Morgan fingerprint density at radius 2 is 0.958 bits per heavy atom. The lowest BCUT2D eigenvalue weighted by Gasteiger charge is -2.30. The summed E-state index contributed by atoms with van der Waals surface area (Å²) in [5.74, 6) is -0.0381. The van der Waals surface area contributed by atoms with E-state index in [1.54, 1.807) is 0 Å². The minimum Gasteiger partial charge on any atom is -0.464 e. The van der Waals surface area contributed by atoms with E-state index < -0.39 is 0 Å². The van der Waals surface area contributed by atoms with Gasteiger partial charge >= 0.3 is 5.97 Å². The van der Waals surface area contributed by atoms with E-state index in [4.69, 9.17) is 4.74 Å². The Morgan fingerprint density at radius 3 is 1.42 bits per heavy atom. The fourth-order valence-electron chi connectivity index (χ4n) is 7.06.